The number of nitrogens with one attached hydrogen (secondary N) is 2. The van der Waals surface area contributed by atoms with Crippen LogP contribution in [0.2, 0.25) is 5.02 Å². The number of hydrogen-bond acceptors (Lipinski definition) is 7. The molecule has 36 heavy (non-hydrogen) atoms. The van der Waals surface area contributed by atoms with E-state index in [1.54, 1.807) is 65.0 Å². The molecule has 0 unspecified atom stereocenters. The molecule has 1 saturated heterocycles. The average molecular weight is 529 g/mol. The van der Waals surface area contributed by atoms with Crippen LogP contribution in [0.3, 0.4) is 0 Å². The van der Waals surface area contributed by atoms with Gasteiger partial charge in [-0.1, -0.05) is 41.6 Å². The zero-order chi connectivity index (χ0) is 25.5. The Morgan fingerprint density at radius 2 is 1.86 bits per heavy atom. The zero-order valence-corrected chi connectivity index (χ0v) is 21.1. The number of nitrogens with zero attached hydrogens (tertiary/aromatic N) is 4. The molecule has 0 aliphatic carbocycles. The lowest BCUT2D eigenvalue weighted by Gasteiger charge is -2.27. The highest BCUT2D eigenvalue weighted by atomic mass is 35.5. The maximum absolute atomic E-state index is 12.7. The topological polar surface area (TPSA) is 118 Å². The van der Waals surface area contributed by atoms with Crippen LogP contribution in [0.25, 0.3) is 0 Å². The number of carbonyl (C=O) groups is 3. The molecule has 4 rings (SSSR count). The van der Waals surface area contributed by atoms with Crippen molar-refractivity contribution in [2.75, 3.05) is 37.4 Å². The molecule has 0 bridgehead atoms. The largest absolute Gasteiger partial charge is 0.378 e. The standard InChI is InChI=1S/C24H25ClN6O4S/c1-30-20(14-26-22(33)18-7-2-3-8-19(18)25)28-29-24(30)36-15-21(32)27-17-6-4-5-16(13-17)23(34)31-9-11-35-12-10-31/h2-8,13H,9-12,14-15H2,1H3,(H,26,33)(H,27,32). The van der Waals surface area contributed by atoms with Crippen LogP contribution >= 0.6 is 23.4 Å². The third kappa shape index (κ3) is 6.42. The summed E-state index contributed by atoms with van der Waals surface area (Å²) in [6.07, 6.45) is 0. The Bertz CT molecular complexity index is 1260. The van der Waals surface area contributed by atoms with E-state index < -0.39 is 0 Å². The van der Waals surface area contributed by atoms with Gasteiger partial charge in [0.25, 0.3) is 11.8 Å². The van der Waals surface area contributed by atoms with Crippen molar-refractivity contribution in [3.63, 3.8) is 0 Å². The molecule has 2 aromatic carbocycles. The van der Waals surface area contributed by atoms with Crippen molar-refractivity contribution in [3.8, 4) is 0 Å². The molecule has 12 heteroatoms. The van der Waals surface area contributed by atoms with E-state index in [-0.39, 0.29) is 30.0 Å². The van der Waals surface area contributed by atoms with E-state index in [2.05, 4.69) is 20.8 Å². The summed E-state index contributed by atoms with van der Waals surface area (Å²) in [6.45, 7) is 2.31. The van der Waals surface area contributed by atoms with E-state index in [1.165, 1.54) is 11.8 Å². The quantitative estimate of drug-likeness (QED) is 0.431. The van der Waals surface area contributed by atoms with Crippen LogP contribution in [0.15, 0.2) is 53.7 Å². The number of thioether (sulfide) groups is 1. The molecule has 1 aromatic heterocycles. The summed E-state index contributed by atoms with van der Waals surface area (Å²) in [5.74, 6) is -0.0109. The highest BCUT2D eigenvalue weighted by molar-refractivity contribution is 7.99. The van der Waals surface area contributed by atoms with E-state index >= 15 is 0 Å². The molecule has 2 heterocycles. The second-order valence-corrected chi connectivity index (χ2v) is 9.29. The van der Waals surface area contributed by atoms with E-state index in [9.17, 15) is 14.4 Å². The average Bonchev–Trinajstić information content (AvgIpc) is 3.25. The molecule has 0 spiro atoms. The third-order valence-corrected chi connectivity index (χ3v) is 6.82. The number of morpholine rings is 1. The fourth-order valence-electron chi connectivity index (χ4n) is 3.53. The summed E-state index contributed by atoms with van der Waals surface area (Å²) in [5.41, 5.74) is 1.43. The maximum Gasteiger partial charge on any atom is 0.254 e. The van der Waals surface area contributed by atoms with Crippen molar-refractivity contribution in [1.29, 1.82) is 0 Å². The van der Waals surface area contributed by atoms with Gasteiger partial charge in [-0.15, -0.1) is 10.2 Å². The van der Waals surface area contributed by atoms with Crippen LogP contribution in [0.1, 0.15) is 26.5 Å². The molecule has 1 aliphatic rings. The third-order valence-electron chi connectivity index (χ3n) is 5.47. The molecule has 0 saturated carbocycles. The Hall–Kier alpha value is -3.41. The number of aromatic nitrogens is 3. The van der Waals surface area contributed by atoms with Crippen molar-refractivity contribution in [2.24, 2.45) is 7.05 Å². The number of halogens is 1. The van der Waals surface area contributed by atoms with E-state index in [0.717, 1.165) is 0 Å². The van der Waals surface area contributed by atoms with Gasteiger partial charge in [-0.05, 0) is 30.3 Å². The van der Waals surface area contributed by atoms with Crippen molar-refractivity contribution in [2.45, 2.75) is 11.7 Å². The summed E-state index contributed by atoms with van der Waals surface area (Å²) in [5, 5.41) is 14.7. The molecule has 10 nitrogen and oxygen atoms in total. The zero-order valence-electron chi connectivity index (χ0n) is 19.6. The second kappa shape index (κ2) is 12.0. The van der Waals surface area contributed by atoms with E-state index in [0.29, 0.717) is 59.1 Å². The van der Waals surface area contributed by atoms with Crippen molar-refractivity contribution in [3.05, 3.63) is 70.5 Å². The van der Waals surface area contributed by atoms with Crippen LogP contribution < -0.4 is 10.6 Å². The van der Waals surface area contributed by atoms with Crippen LogP contribution in [0.5, 0.6) is 0 Å². The van der Waals surface area contributed by atoms with Gasteiger partial charge < -0.3 is 24.8 Å². The Kier molecular flexibility index (Phi) is 8.57. The summed E-state index contributed by atoms with van der Waals surface area (Å²) in [7, 11) is 1.76. The lowest BCUT2D eigenvalue weighted by molar-refractivity contribution is -0.113. The molecule has 0 atom stereocenters. The van der Waals surface area contributed by atoms with Gasteiger partial charge in [0.05, 0.1) is 36.1 Å². The van der Waals surface area contributed by atoms with Gasteiger partial charge in [0.2, 0.25) is 5.91 Å². The Labute approximate surface area is 217 Å². The molecule has 2 N–H and O–H groups in total. The smallest absolute Gasteiger partial charge is 0.254 e. The minimum absolute atomic E-state index is 0.0861. The van der Waals surface area contributed by atoms with Crippen molar-refractivity contribution >= 4 is 46.8 Å². The lowest BCUT2D eigenvalue weighted by Crippen LogP contribution is -2.40. The number of ether oxygens (including phenoxy) is 1. The van der Waals surface area contributed by atoms with Crippen molar-refractivity contribution in [1.82, 2.24) is 25.0 Å². The van der Waals surface area contributed by atoms with Gasteiger partial charge in [-0.25, -0.2) is 0 Å². The SMILES string of the molecule is Cn1c(CNC(=O)c2ccccc2Cl)nnc1SCC(=O)Nc1cccc(C(=O)N2CCOCC2)c1. The van der Waals surface area contributed by atoms with Gasteiger partial charge in [-0.2, -0.15) is 0 Å². The summed E-state index contributed by atoms with van der Waals surface area (Å²) in [4.78, 5) is 39.3. The molecule has 1 fully saturated rings. The van der Waals surface area contributed by atoms with Gasteiger partial charge in [0.15, 0.2) is 11.0 Å². The van der Waals surface area contributed by atoms with Crippen molar-refractivity contribution < 1.29 is 19.1 Å². The molecular weight excluding hydrogens is 504 g/mol. The number of amides is 3. The van der Waals surface area contributed by atoms with Crippen LogP contribution in [0, 0.1) is 0 Å². The number of anilines is 1. The highest BCUT2D eigenvalue weighted by Gasteiger charge is 2.19. The minimum Gasteiger partial charge on any atom is -0.378 e. The first-order chi connectivity index (χ1) is 17.4. The summed E-state index contributed by atoms with van der Waals surface area (Å²) >= 11 is 7.28. The monoisotopic (exact) mass is 528 g/mol. The minimum atomic E-state index is -0.313. The molecule has 3 amide bonds. The Balaban J connectivity index is 1.28. The number of hydrogen-bond donors (Lipinski definition) is 2. The molecule has 188 valence electrons. The Morgan fingerprint density at radius 1 is 1.08 bits per heavy atom. The van der Waals surface area contributed by atoms with Crippen LogP contribution in [-0.2, 0) is 23.1 Å². The van der Waals surface area contributed by atoms with E-state index in [4.69, 9.17) is 16.3 Å². The first-order valence-corrected chi connectivity index (χ1v) is 12.6. The summed E-state index contributed by atoms with van der Waals surface area (Å²) < 4.78 is 7.01. The Morgan fingerprint density at radius 3 is 2.64 bits per heavy atom. The number of benzene rings is 2. The normalized spacial score (nSPS) is 13.3. The fraction of sp³-hybridized carbons (Fsp3) is 0.292. The number of carbonyl (C=O) groups excluding carboxylic acids is 3. The van der Waals surface area contributed by atoms with Crippen LogP contribution in [0.4, 0.5) is 5.69 Å². The molecule has 0 radical (unpaired) electrons. The first-order valence-electron chi connectivity index (χ1n) is 11.2. The second-order valence-electron chi connectivity index (χ2n) is 7.94. The first kappa shape index (κ1) is 25.7. The molecule has 3 aromatic rings. The van der Waals surface area contributed by atoms with Crippen LogP contribution in [-0.4, -0.2) is 69.4 Å². The predicted molar refractivity (Wildman–Crippen MR) is 136 cm³/mol. The molecule has 1 aliphatic heterocycles. The highest BCUT2D eigenvalue weighted by Crippen LogP contribution is 2.19. The lowest BCUT2D eigenvalue weighted by atomic mass is 10.1. The fourth-order valence-corrected chi connectivity index (χ4v) is 4.48. The molecular formula is C24H25ClN6O4S. The summed E-state index contributed by atoms with van der Waals surface area (Å²) in [6, 6.07) is 13.7. The predicted octanol–water partition coefficient (Wildman–Crippen LogP) is 2.60. The van der Waals surface area contributed by atoms with Gasteiger partial charge in [-0.3, -0.25) is 14.4 Å². The van der Waals surface area contributed by atoms with Gasteiger partial charge >= 0.3 is 0 Å². The maximum atomic E-state index is 12.7. The number of rotatable bonds is 8. The van der Waals surface area contributed by atoms with E-state index in [1.807, 2.05) is 0 Å². The van der Waals surface area contributed by atoms with Gasteiger partial charge in [0.1, 0.15) is 0 Å². The van der Waals surface area contributed by atoms with Gasteiger partial charge in [0, 0.05) is 31.4 Å².